The Hall–Kier alpha value is -0.830. The minimum Gasteiger partial charge on any atom is -0.347 e. The Kier molecular flexibility index (Phi) is 3.57. The van der Waals surface area contributed by atoms with Crippen LogP contribution >= 0.6 is 15.9 Å². The average molecular weight is 296 g/mol. The number of hydrogen-bond donors (Lipinski definition) is 1. The summed E-state index contributed by atoms with van der Waals surface area (Å²) in [6.45, 7) is 4.12. The summed E-state index contributed by atoms with van der Waals surface area (Å²) in [7, 11) is 0. The van der Waals surface area contributed by atoms with Crippen LogP contribution in [-0.4, -0.2) is 11.4 Å². The van der Waals surface area contributed by atoms with Crippen molar-refractivity contribution < 1.29 is 4.79 Å². The molecule has 0 saturated heterocycles. The lowest BCUT2D eigenvalue weighted by molar-refractivity contribution is 0.0819. The molecule has 0 aliphatic heterocycles. The first-order chi connectivity index (χ1) is 8.08. The molecule has 0 bridgehead atoms. The Balaban J connectivity index is 2.17. The van der Waals surface area contributed by atoms with E-state index in [0.717, 1.165) is 34.9 Å². The van der Waals surface area contributed by atoms with Gasteiger partial charge < -0.3 is 5.32 Å². The highest BCUT2D eigenvalue weighted by atomic mass is 79.9. The first-order valence-corrected chi connectivity index (χ1v) is 6.95. The third-order valence-electron chi connectivity index (χ3n) is 3.88. The number of halogens is 1. The summed E-state index contributed by atoms with van der Waals surface area (Å²) >= 11 is 3.46. The summed E-state index contributed by atoms with van der Waals surface area (Å²) in [6, 6.07) is 5.76. The lowest BCUT2D eigenvalue weighted by Gasteiger charge is -2.42. The van der Waals surface area contributed by atoms with Gasteiger partial charge in [-0.2, -0.15) is 0 Å². The molecule has 1 fully saturated rings. The van der Waals surface area contributed by atoms with Gasteiger partial charge in [-0.25, -0.2) is 0 Å². The van der Waals surface area contributed by atoms with Crippen LogP contribution in [0.4, 0.5) is 0 Å². The zero-order valence-corrected chi connectivity index (χ0v) is 11.9. The third kappa shape index (κ3) is 2.39. The number of carbonyl (C=O) groups excluding carboxylic acids is 1. The number of carbonyl (C=O) groups is 1. The van der Waals surface area contributed by atoms with Gasteiger partial charge in [-0.15, -0.1) is 0 Å². The van der Waals surface area contributed by atoms with Crippen molar-refractivity contribution in [1.29, 1.82) is 0 Å². The van der Waals surface area contributed by atoms with E-state index < -0.39 is 0 Å². The predicted octanol–water partition coefficient (Wildman–Crippen LogP) is 3.82. The smallest absolute Gasteiger partial charge is 0.252 e. The molecule has 1 aliphatic carbocycles. The van der Waals surface area contributed by atoms with Gasteiger partial charge in [0, 0.05) is 15.6 Å². The van der Waals surface area contributed by atoms with Crippen molar-refractivity contribution in [3.8, 4) is 0 Å². The summed E-state index contributed by atoms with van der Waals surface area (Å²) in [5.74, 6) is 0.0605. The van der Waals surface area contributed by atoms with Crippen LogP contribution in [0.25, 0.3) is 0 Å². The van der Waals surface area contributed by atoms with Crippen molar-refractivity contribution in [3.63, 3.8) is 0 Å². The van der Waals surface area contributed by atoms with Crippen molar-refractivity contribution in [3.05, 3.63) is 33.8 Å². The van der Waals surface area contributed by atoms with Crippen LogP contribution in [0.2, 0.25) is 0 Å². The van der Waals surface area contributed by atoms with Crippen LogP contribution < -0.4 is 5.32 Å². The van der Waals surface area contributed by atoms with Gasteiger partial charge in [0.25, 0.3) is 5.91 Å². The molecule has 0 atom stereocenters. The molecule has 1 aliphatic rings. The maximum Gasteiger partial charge on any atom is 0.252 e. The van der Waals surface area contributed by atoms with Gasteiger partial charge >= 0.3 is 0 Å². The number of amides is 1. The number of nitrogens with one attached hydrogen (secondary N) is 1. The van der Waals surface area contributed by atoms with Crippen LogP contribution in [0, 0.1) is 6.92 Å². The molecule has 0 radical (unpaired) electrons. The fourth-order valence-corrected chi connectivity index (χ4v) is 2.70. The molecule has 0 unspecified atom stereocenters. The van der Waals surface area contributed by atoms with Crippen LogP contribution in [0.1, 0.15) is 48.5 Å². The summed E-state index contributed by atoms with van der Waals surface area (Å²) in [5.41, 5.74) is 1.85. The molecule has 2 nitrogen and oxygen atoms in total. The molecule has 3 heteroatoms. The molecule has 1 aromatic carbocycles. The van der Waals surface area contributed by atoms with Crippen LogP contribution in [0.5, 0.6) is 0 Å². The van der Waals surface area contributed by atoms with Crippen LogP contribution in [0.15, 0.2) is 22.7 Å². The summed E-state index contributed by atoms with van der Waals surface area (Å²) < 4.78 is 0.990. The second-order valence-electron chi connectivity index (χ2n) is 4.85. The van der Waals surface area contributed by atoms with E-state index in [4.69, 9.17) is 0 Å². The zero-order valence-electron chi connectivity index (χ0n) is 10.3. The lowest BCUT2D eigenvalue weighted by Crippen LogP contribution is -2.53. The minimum absolute atomic E-state index is 0.0605. The van der Waals surface area contributed by atoms with Gasteiger partial charge in [-0.3, -0.25) is 4.79 Å². The Morgan fingerprint density at radius 1 is 1.47 bits per heavy atom. The highest BCUT2D eigenvalue weighted by molar-refractivity contribution is 9.10. The predicted molar refractivity (Wildman–Crippen MR) is 73.2 cm³/mol. The minimum atomic E-state index is 0.0605. The third-order valence-corrected chi connectivity index (χ3v) is 4.74. The Morgan fingerprint density at radius 2 is 2.18 bits per heavy atom. The topological polar surface area (TPSA) is 29.1 Å². The van der Waals surface area contributed by atoms with E-state index in [0.29, 0.717) is 0 Å². The van der Waals surface area contributed by atoms with E-state index in [1.807, 2.05) is 25.1 Å². The zero-order chi connectivity index (χ0) is 12.5. The van der Waals surface area contributed by atoms with Crippen molar-refractivity contribution in [2.45, 2.75) is 45.1 Å². The van der Waals surface area contributed by atoms with Gasteiger partial charge in [0.15, 0.2) is 0 Å². The van der Waals surface area contributed by atoms with Gasteiger partial charge in [-0.1, -0.05) is 28.9 Å². The molecule has 1 N–H and O–H groups in total. The number of rotatable bonds is 3. The summed E-state index contributed by atoms with van der Waals surface area (Å²) in [4.78, 5) is 12.3. The SMILES string of the molecule is CCC1(NC(=O)c2cccc(Br)c2C)CCC1. The van der Waals surface area contributed by atoms with Crippen molar-refractivity contribution in [2.24, 2.45) is 0 Å². The Bertz CT molecular complexity index is 432. The molecule has 0 spiro atoms. The summed E-state index contributed by atoms with van der Waals surface area (Å²) in [6.07, 6.45) is 4.47. The fourth-order valence-electron chi connectivity index (χ4n) is 2.33. The van der Waals surface area contributed by atoms with Crippen molar-refractivity contribution in [2.75, 3.05) is 0 Å². The number of benzene rings is 1. The maximum absolute atomic E-state index is 12.3. The molecule has 1 amide bonds. The van der Waals surface area contributed by atoms with Crippen LogP contribution in [0.3, 0.4) is 0 Å². The largest absolute Gasteiger partial charge is 0.347 e. The second-order valence-corrected chi connectivity index (χ2v) is 5.71. The standard InChI is InChI=1S/C14H18BrNO/c1-3-14(8-5-9-14)16-13(17)11-6-4-7-12(15)10(11)2/h4,6-7H,3,5,8-9H2,1-2H3,(H,16,17). The van der Waals surface area contributed by atoms with Gasteiger partial charge in [0.2, 0.25) is 0 Å². The number of hydrogen-bond acceptors (Lipinski definition) is 1. The molecule has 17 heavy (non-hydrogen) atoms. The lowest BCUT2D eigenvalue weighted by atomic mass is 9.74. The van der Waals surface area contributed by atoms with Crippen molar-refractivity contribution >= 4 is 21.8 Å². The van der Waals surface area contributed by atoms with Gasteiger partial charge in [0.1, 0.15) is 0 Å². The Labute approximate surface area is 111 Å². The first kappa shape index (κ1) is 12.6. The van der Waals surface area contributed by atoms with E-state index in [2.05, 4.69) is 28.2 Å². The summed E-state index contributed by atoms with van der Waals surface area (Å²) in [5, 5.41) is 3.20. The molecular formula is C14H18BrNO. The monoisotopic (exact) mass is 295 g/mol. The second kappa shape index (κ2) is 4.81. The normalized spacial score (nSPS) is 17.4. The highest BCUT2D eigenvalue weighted by Gasteiger charge is 2.36. The van der Waals surface area contributed by atoms with Crippen LogP contribution in [-0.2, 0) is 0 Å². The first-order valence-electron chi connectivity index (χ1n) is 6.15. The average Bonchev–Trinajstić information content (AvgIpc) is 2.27. The van der Waals surface area contributed by atoms with E-state index in [9.17, 15) is 4.79 Å². The molecule has 1 saturated carbocycles. The molecule has 0 heterocycles. The van der Waals surface area contributed by atoms with E-state index in [1.165, 1.54) is 6.42 Å². The van der Waals surface area contributed by atoms with Gasteiger partial charge in [0.05, 0.1) is 0 Å². The fraction of sp³-hybridized carbons (Fsp3) is 0.500. The van der Waals surface area contributed by atoms with E-state index >= 15 is 0 Å². The quantitative estimate of drug-likeness (QED) is 0.902. The molecule has 1 aromatic rings. The Morgan fingerprint density at radius 3 is 2.71 bits per heavy atom. The van der Waals surface area contributed by atoms with E-state index in [1.54, 1.807) is 0 Å². The van der Waals surface area contributed by atoms with Gasteiger partial charge in [-0.05, 0) is 50.3 Å². The highest BCUT2D eigenvalue weighted by Crippen LogP contribution is 2.35. The molecular weight excluding hydrogens is 278 g/mol. The maximum atomic E-state index is 12.3. The molecule has 0 aromatic heterocycles. The van der Waals surface area contributed by atoms with E-state index in [-0.39, 0.29) is 11.4 Å². The molecule has 2 rings (SSSR count). The molecule has 92 valence electrons. The van der Waals surface area contributed by atoms with Crippen molar-refractivity contribution in [1.82, 2.24) is 5.32 Å².